The lowest BCUT2D eigenvalue weighted by atomic mass is 10.1. The lowest BCUT2D eigenvalue weighted by Gasteiger charge is -2.26. The number of imide groups is 2. The van der Waals surface area contributed by atoms with Gasteiger partial charge in [-0.05, 0) is 86.8 Å². The Morgan fingerprint density at radius 3 is 2.29 bits per heavy atom. The number of nitrogens with one attached hydrogen (secondary N) is 1. The van der Waals surface area contributed by atoms with E-state index in [0.717, 1.165) is 4.90 Å². The number of carbonyl (C=O) groups excluding carboxylic acids is 3. The molecular weight excluding hydrogens is 496 g/mol. The van der Waals surface area contributed by atoms with Crippen molar-refractivity contribution in [3.63, 3.8) is 0 Å². The first kappa shape index (κ1) is 20.1. The zero-order valence-corrected chi connectivity index (χ0v) is 17.7. The van der Waals surface area contributed by atoms with Crippen LogP contribution in [0.1, 0.15) is 12.5 Å². The lowest BCUT2D eigenvalue weighted by molar-refractivity contribution is -0.122. The first-order chi connectivity index (χ1) is 13.3. The van der Waals surface area contributed by atoms with E-state index in [0.29, 0.717) is 32.6 Å². The lowest BCUT2D eigenvalue weighted by Crippen LogP contribution is -2.54. The van der Waals surface area contributed by atoms with Crippen LogP contribution in [0.3, 0.4) is 0 Å². The second kappa shape index (κ2) is 8.15. The van der Waals surface area contributed by atoms with Crippen LogP contribution < -0.4 is 15.0 Å². The Morgan fingerprint density at radius 2 is 1.71 bits per heavy atom. The van der Waals surface area contributed by atoms with Gasteiger partial charge in [0, 0.05) is 0 Å². The Balaban J connectivity index is 1.98. The minimum absolute atomic E-state index is 0.00670. The van der Waals surface area contributed by atoms with E-state index in [1.54, 1.807) is 36.4 Å². The Hall–Kier alpha value is -2.65. The second-order valence-corrected chi connectivity index (χ2v) is 7.43. The smallest absolute Gasteiger partial charge is 0.335 e. The van der Waals surface area contributed by atoms with E-state index in [1.807, 2.05) is 6.92 Å². The van der Waals surface area contributed by atoms with E-state index in [9.17, 15) is 19.5 Å². The van der Waals surface area contributed by atoms with E-state index in [1.165, 1.54) is 6.08 Å². The predicted octanol–water partition coefficient (Wildman–Crippen LogP) is 3.98. The van der Waals surface area contributed by atoms with Crippen molar-refractivity contribution in [2.75, 3.05) is 11.5 Å². The van der Waals surface area contributed by atoms with Gasteiger partial charge in [0.05, 0.1) is 21.2 Å². The van der Waals surface area contributed by atoms with Crippen LogP contribution in [0, 0.1) is 0 Å². The van der Waals surface area contributed by atoms with Gasteiger partial charge in [0.15, 0.2) is 0 Å². The van der Waals surface area contributed by atoms with Crippen LogP contribution in [-0.2, 0) is 9.59 Å². The number of benzene rings is 2. The highest BCUT2D eigenvalue weighted by molar-refractivity contribution is 9.11. The summed E-state index contributed by atoms with van der Waals surface area (Å²) in [5, 5.41) is 12.0. The Kier molecular flexibility index (Phi) is 5.85. The zero-order chi connectivity index (χ0) is 20.4. The maximum Gasteiger partial charge on any atom is 0.335 e. The van der Waals surface area contributed by atoms with Crippen molar-refractivity contribution in [2.24, 2.45) is 0 Å². The van der Waals surface area contributed by atoms with Gasteiger partial charge in [0.2, 0.25) is 0 Å². The number of carbonyl (C=O) groups is 3. The number of ether oxygens (including phenoxy) is 1. The first-order valence-electron chi connectivity index (χ1n) is 8.14. The number of hydrogen-bond donors (Lipinski definition) is 2. The minimum atomic E-state index is -0.829. The number of rotatable bonds is 4. The summed E-state index contributed by atoms with van der Waals surface area (Å²) in [5.74, 6) is -0.953. The van der Waals surface area contributed by atoms with Crippen LogP contribution in [0.4, 0.5) is 10.5 Å². The third-order valence-corrected chi connectivity index (χ3v) is 5.07. The van der Waals surface area contributed by atoms with E-state index in [4.69, 9.17) is 4.74 Å². The van der Waals surface area contributed by atoms with Crippen LogP contribution >= 0.6 is 31.9 Å². The number of hydrogen-bond acceptors (Lipinski definition) is 5. The molecule has 1 saturated heterocycles. The number of halogens is 2. The molecule has 1 aliphatic heterocycles. The fourth-order valence-corrected chi connectivity index (χ4v) is 3.81. The highest BCUT2D eigenvalue weighted by Crippen LogP contribution is 2.34. The summed E-state index contributed by atoms with van der Waals surface area (Å²) in [6.07, 6.45) is 1.35. The normalized spacial score (nSPS) is 15.8. The maximum atomic E-state index is 12.9. The van der Waals surface area contributed by atoms with Gasteiger partial charge in [-0.25, -0.2) is 9.69 Å². The molecule has 2 aromatic carbocycles. The van der Waals surface area contributed by atoms with Crippen molar-refractivity contribution < 1.29 is 24.2 Å². The molecule has 0 unspecified atom stereocenters. The fraction of sp³-hybridized carbons (Fsp3) is 0.105. The molecule has 1 fully saturated rings. The predicted molar refractivity (Wildman–Crippen MR) is 110 cm³/mol. The van der Waals surface area contributed by atoms with Crippen molar-refractivity contribution in [1.82, 2.24) is 5.32 Å². The minimum Gasteiger partial charge on any atom is -0.506 e. The third kappa shape index (κ3) is 3.95. The SMILES string of the molecule is CCOc1ccc(N2C(=O)NC(=O)/C(=C/c3cc(Br)c(O)c(Br)c3)C2=O)cc1. The second-order valence-electron chi connectivity index (χ2n) is 5.72. The molecule has 28 heavy (non-hydrogen) atoms. The number of nitrogens with zero attached hydrogens (tertiary/aromatic N) is 1. The molecule has 0 spiro atoms. The van der Waals surface area contributed by atoms with Crippen molar-refractivity contribution in [3.8, 4) is 11.5 Å². The molecule has 4 amide bonds. The van der Waals surface area contributed by atoms with Gasteiger partial charge in [-0.3, -0.25) is 14.9 Å². The van der Waals surface area contributed by atoms with Crippen LogP contribution in [-0.4, -0.2) is 29.6 Å². The Bertz CT molecular complexity index is 979. The zero-order valence-electron chi connectivity index (χ0n) is 14.5. The largest absolute Gasteiger partial charge is 0.506 e. The maximum absolute atomic E-state index is 12.9. The molecule has 3 rings (SSSR count). The van der Waals surface area contributed by atoms with Gasteiger partial charge in [0.1, 0.15) is 17.1 Å². The van der Waals surface area contributed by atoms with Crippen LogP contribution in [0.15, 0.2) is 50.9 Å². The van der Waals surface area contributed by atoms with Gasteiger partial charge < -0.3 is 9.84 Å². The molecule has 0 aromatic heterocycles. The summed E-state index contributed by atoms with van der Waals surface area (Å²) in [6, 6.07) is 8.65. The number of amides is 4. The third-order valence-electron chi connectivity index (χ3n) is 3.86. The average Bonchev–Trinajstić information content (AvgIpc) is 2.64. The molecule has 2 aromatic rings. The number of barbiturate groups is 1. The number of phenols is 1. The van der Waals surface area contributed by atoms with Crippen LogP contribution in [0.2, 0.25) is 0 Å². The summed E-state index contributed by atoms with van der Waals surface area (Å²) in [4.78, 5) is 38.2. The molecule has 0 radical (unpaired) electrons. The molecule has 0 aliphatic carbocycles. The van der Waals surface area contributed by atoms with Gasteiger partial charge >= 0.3 is 6.03 Å². The Labute approximate surface area is 177 Å². The van der Waals surface area contributed by atoms with Crippen LogP contribution in [0.25, 0.3) is 6.08 Å². The van der Waals surface area contributed by atoms with Gasteiger partial charge in [-0.1, -0.05) is 0 Å². The highest BCUT2D eigenvalue weighted by atomic mass is 79.9. The summed E-state index contributed by atoms with van der Waals surface area (Å²) in [5.41, 5.74) is 0.575. The van der Waals surface area contributed by atoms with Gasteiger partial charge in [0.25, 0.3) is 11.8 Å². The molecule has 9 heteroatoms. The molecule has 0 atom stereocenters. The molecule has 1 heterocycles. The summed E-state index contributed by atoms with van der Waals surface area (Å²) in [7, 11) is 0. The quantitative estimate of drug-likeness (QED) is 0.480. The topological polar surface area (TPSA) is 95.9 Å². The summed E-state index contributed by atoms with van der Waals surface area (Å²) < 4.78 is 6.12. The number of phenolic OH excluding ortho intramolecular Hbond substituents is 1. The Morgan fingerprint density at radius 1 is 1.11 bits per heavy atom. The molecular formula is C19H14Br2N2O5. The average molecular weight is 510 g/mol. The highest BCUT2D eigenvalue weighted by Gasteiger charge is 2.36. The number of urea groups is 1. The van der Waals surface area contributed by atoms with Gasteiger partial charge in [-0.15, -0.1) is 0 Å². The molecule has 7 nitrogen and oxygen atoms in total. The van der Waals surface area contributed by atoms with Crippen molar-refractivity contribution in [1.29, 1.82) is 0 Å². The van der Waals surface area contributed by atoms with Crippen molar-refractivity contribution >= 4 is 61.5 Å². The van der Waals surface area contributed by atoms with E-state index in [-0.39, 0.29) is 11.3 Å². The van der Waals surface area contributed by atoms with E-state index < -0.39 is 17.8 Å². The van der Waals surface area contributed by atoms with Crippen LogP contribution in [0.5, 0.6) is 11.5 Å². The molecule has 0 bridgehead atoms. The monoisotopic (exact) mass is 508 g/mol. The molecule has 1 aliphatic rings. The number of anilines is 1. The number of aromatic hydroxyl groups is 1. The molecule has 144 valence electrons. The van der Waals surface area contributed by atoms with E-state index >= 15 is 0 Å². The van der Waals surface area contributed by atoms with Crippen molar-refractivity contribution in [2.45, 2.75) is 6.92 Å². The van der Waals surface area contributed by atoms with Crippen molar-refractivity contribution in [3.05, 3.63) is 56.5 Å². The summed E-state index contributed by atoms with van der Waals surface area (Å²) in [6.45, 7) is 2.33. The first-order valence-corrected chi connectivity index (χ1v) is 9.72. The van der Waals surface area contributed by atoms with Gasteiger partial charge in [-0.2, -0.15) is 0 Å². The standard InChI is InChI=1S/C19H14Br2N2O5/c1-2-28-12-5-3-11(4-6-12)23-18(26)13(17(25)22-19(23)27)7-10-8-14(20)16(24)15(21)9-10/h3-9,24H,2H2,1H3,(H,22,25,27)/b13-7-. The molecule has 2 N–H and O–H groups in total. The fourth-order valence-electron chi connectivity index (χ4n) is 2.59. The summed E-state index contributed by atoms with van der Waals surface area (Å²) >= 11 is 6.40. The van der Waals surface area contributed by atoms with E-state index in [2.05, 4.69) is 37.2 Å². The molecule has 0 saturated carbocycles.